The second-order valence-corrected chi connectivity index (χ2v) is 8.23. The molecular weight excluding hydrogens is 518 g/mol. The van der Waals surface area contributed by atoms with Crippen LogP contribution in [-0.4, -0.2) is 65.6 Å². The summed E-state index contributed by atoms with van der Waals surface area (Å²) >= 11 is 0. The molecule has 1 fully saturated rings. The number of halogens is 6. The number of amides is 2. The average molecular weight is 545 g/mol. The molecule has 0 aromatic heterocycles. The number of hydrogen-bond acceptors (Lipinski definition) is 5. The Labute approximate surface area is 214 Å². The summed E-state index contributed by atoms with van der Waals surface area (Å²) in [4.78, 5) is 23.2. The van der Waals surface area contributed by atoms with E-state index in [0.29, 0.717) is 11.0 Å². The molecule has 2 amide bonds. The fraction of sp³-hybridized carbons (Fsp3) is 0.333. The van der Waals surface area contributed by atoms with Gasteiger partial charge in [-0.25, -0.2) is 13.2 Å². The number of nitrogens with one attached hydrogen (secondary N) is 3. The first-order valence-corrected chi connectivity index (χ1v) is 11.2. The first-order chi connectivity index (χ1) is 17.9. The quantitative estimate of drug-likeness (QED) is 0.141. The molecular formula is C24H26F6N6O2. The summed E-state index contributed by atoms with van der Waals surface area (Å²) < 4.78 is 79.7. The molecule has 1 saturated heterocycles. The van der Waals surface area contributed by atoms with Gasteiger partial charge in [0.2, 0.25) is 18.2 Å². The Hall–Kier alpha value is -3.94. The lowest BCUT2D eigenvalue weighted by molar-refractivity contribution is -0.131. The van der Waals surface area contributed by atoms with Gasteiger partial charge in [-0.05, 0) is 23.6 Å². The molecule has 1 atom stereocenters. The summed E-state index contributed by atoms with van der Waals surface area (Å²) in [5.74, 6) is -6.27. The summed E-state index contributed by atoms with van der Waals surface area (Å²) in [5, 5.41) is 18.2. The van der Waals surface area contributed by atoms with E-state index in [1.54, 1.807) is 12.1 Å². The fourth-order valence-corrected chi connectivity index (χ4v) is 3.71. The molecule has 0 radical (unpaired) electrons. The number of alkyl halides is 3. The maximum atomic E-state index is 14.2. The number of benzene rings is 2. The van der Waals surface area contributed by atoms with E-state index in [4.69, 9.17) is 15.6 Å². The van der Waals surface area contributed by atoms with Gasteiger partial charge < -0.3 is 20.9 Å². The van der Waals surface area contributed by atoms with Gasteiger partial charge in [-0.1, -0.05) is 30.3 Å². The Morgan fingerprint density at radius 2 is 1.68 bits per heavy atom. The molecule has 0 spiro atoms. The van der Waals surface area contributed by atoms with Gasteiger partial charge in [-0.2, -0.15) is 13.2 Å². The molecule has 206 valence electrons. The molecule has 2 aromatic rings. The summed E-state index contributed by atoms with van der Waals surface area (Å²) in [6.45, 7) is -0.661. The van der Waals surface area contributed by atoms with Gasteiger partial charge in [-0.15, -0.1) is 0 Å². The van der Waals surface area contributed by atoms with E-state index in [9.17, 15) is 31.1 Å². The second-order valence-electron chi connectivity index (χ2n) is 8.23. The Morgan fingerprint density at radius 1 is 1.08 bits per heavy atom. The van der Waals surface area contributed by atoms with Crippen molar-refractivity contribution in [3.05, 3.63) is 71.0 Å². The highest BCUT2D eigenvalue weighted by atomic mass is 19.4. The number of carbonyl (C=O) groups is 2. The van der Waals surface area contributed by atoms with Crippen LogP contribution in [0.15, 0.2) is 42.5 Å². The molecule has 1 unspecified atom stereocenters. The Bertz CT molecular complexity index is 1150. The third kappa shape index (κ3) is 8.57. The predicted molar refractivity (Wildman–Crippen MR) is 127 cm³/mol. The van der Waals surface area contributed by atoms with Crippen LogP contribution in [0.1, 0.15) is 17.5 Å². The van der Waals surface area contributed by atoms with Gasteiger partial charge in [-0.3, -0.25) is 20.4 Å². The molecule has 2 aromatic carbocycles. The second kappa shape index (κ2) is 13.6. The van der Waals surface area contributed by atoms with Crippen molar-refractivity contribution in [2.24, 2.45) is 5.73 Å². The molecule has 1 heterocycles. The maximum absolute atomic E-state index is 14.2. The molecule has 14 heteroatoms. The normalized spacial score (nSPS) is 14.4. The van der Waals surface area contributed by atoms with Crippen LogP contribution in [0.2, 0.25) is 0 Å². The van der Waals surface area contributed by atoms with Gasteiger partial charge in [0, 0.05) is 38.2 Å². The van der Waals surface area contributed by atoms with Gasteiger partial charge >= 0.3 is 6.18 Å². The highest BCUT2D eigenvalue weighted by molar-refractivity contribution is 6.02. The monoisotopic (exact) mass is 544 g/mol. The zero-order chi connectivity index (χ0) is 28.5. The number of amidine groups is 2. The Morgan fingerprint density at radius 3 is 2.26 bits per heavy atom. The SMILES string of the molecule is N=C1CN(C(=O)CC(Cc2cc(F)c(F)cc2F)NCc2ccccc2)CCN1C(=N)C(F)(F)F.NC=O. The molecule has 1 aliphatic heterocycles. The maximum Gasteiger partial charge on any atom is 0.449 e. The lowest BCUT2D eigenvalue weighted by atomic mass is 10.0. The number of carbonyl (C=O) groups excluding carboxylic acids is 2. The van der Waals surface area contributed by atoms with Crippen LogP contribution in [-0.2, 0) is 22.6 Å². The van der Waals surface area contributed by atoms with Crippen molar-refractivity contribution in [2.75, 3.05) is 19.6 Å². The highest BCUT2D eigenvalue weighted by Crippen LogP contribution is 2.21. The van der Waals surface area contributed by atoms with E-state index in [-0.39, 0.29) is 44.4 Å². The van der Waals surface area contributed by atoms with E-state index >= 15 is 0 Å². The molecule has 1 aliphatic rings. The molecule has 5 N–H and O–H groups in total. The number of nitrogens with zero attached hydrogens (tertiary/aromatic N) is 2. The smallest absolute Gasteiger partial charge is 0.372 e. The van der Waals surface area contributed by atoms with Crippen LogP contribution >= 0.6 is 0 Å². The Kier molecular flexibility index (Phi) is 10.8. The van der Waals surface area contributed by atoms with Crippen LogP contribution in [0.5, 0.6) is 0 Å². The van der Waals surface area contributed by atoms with Gasteiger partial charge in [0.05, 0.1) is 6.54 Å². The van der Waals surface area contributed by atoms with E-state index < -0.39 is 53.8 Å². The lowest BCUT2D eigenvalue weighted by Gasteiger charge is -2.37. The van der Waals surface area contributed by atoms with Crippen molar-refractivity contribution < 1.29 is 35.9 Å². The largest absolute Gasteiger partial charge is 0.449 e. The predicted octanol–water partition coefficient (Wildman–Crippen LogP) is 2.96. The number of nitrogens with two attached hydrogens (primary N) is 1. The van der Waals surface area contributed by atoms with Crippen molar-refractivity contribution in [1.82, 2.24) is 15.1 Å². The third-order valence-corrected chi connectivity index (χ3v) is 5.57. The van der Waals surface area contributed by atoms with Gasteiger partial charge in [0.15, 0.2) is 11.6 Å². The molecule has 0 saturated carbocycles. The van der Waals surface area contributed by atoms with Crippen LogP contribution in [0.25, 0.3) is 0 Å². The number of hydrogen-bond donors (Lipinski definition) is 4. The number of primary amides is 1. The molecule has 38 heavy (non-hydrogen) atoms. The summed E-state index contributed by atoms with van der Waals surface area (Å²) in [6, 6.07) is 9.49. The first-order valence-electron chi connectivity index (χ1n) is 11.2. The lowest BCUT2D eigenvalue weighted by Crippen LogP contribution is -2.57. The zero-order valence-electron chi connectivity index (χ0n) is 20.0. The fourth-order valence-electron chi connectivity index (χ4n) is 3.71. The number of rotatable bonds is 7. The van der Waals surface area contributed by atoms with Crippen LogP contribution in [0.4, 0.5) is 26.3 Å². The summed E-state index contributed by atoms with van der Waals surface area (Å²) in [6.07, 6.45) is -5.05. The average Bonchev–Trinajstić information content (AvgIpc) is 2.85. The minimum absolute atomic E-state index is 0.140. The van der Waals surface area contributed by atoms with Crippen molar-refractivity contribution in [3.63, 3.8) is 0 Å². The minimum atomic E-state index is -4.92. The molecule has 0 aliphatic carbocycles. The van der Waals surface area contributed by atoms with Gasteiger partial charge in [0.25, 0.3) is 0 Å². The number of piperazine rings is 1. The van der Waals surface area contributed by atoms with Crippen LogP contribution < -0.4 is 11.1 Å². The molecule has 8 nitrogen and oxygen atoms in total. The van der Waals surface area contributed by atoms with E-state index in [2.05, 4.69) is 11.1 Å². The van der Waals surface area contributed by atoms with E-state index in [1.165, 1.54) is 4.90 Å². The molecule has 3 rings (SSSR count). The van der Waals surface area contributed by atoms with Gasteiger partial charge in [0.1, 0.15) is 11.7 Å². The summed E-state index contributed by atoms with van der Waals surface area (Å²) in [7, 11) is 0. The first kappa shape index (κ1) is 30.3. The third-order valence-electron chi connectivity index (χ3n) is 5.57. The highest BCUT2D eigenvalue weighted by Gasteiger charge is 2.41. The van der Waals surface area contributed by atoms with E-state index in [1.807, 2.05) is 18.2 Å². The van der Waals surface area contributed by atoms with Crippen molar-refractivity contribution >= 4 is 24.0 Å². The van der Waals surface area contributed by atoms with Crippen LogP contribution in [0, 0.1) is 28.3 Å². The Balaban J connectivity index is 0.00000161. The minimum Gasteiger partial charge on any atom is -0.372 e. The van der Waals surface area contributed by atoms with Crippen molar-refractivity contribution in [3.8, 4) is 0 Å². The molecule has 0 bridgehead atoms. The summed E-state index contributed by atoms with van der Waals surface area (Å²) in [5.41, 5.74) is 4.88. The van der Waals surface area contributed by atoms with E-state index in [0.717, 1.165) is 11.6 Å². The van der Waals surface area contributed by atoms with Crippen molar-refractivity contribution in [1.29, 1.82) is 10.8 Å². The standard InChI is InChI=1S/C23H23F6N5O.CH3NO/c24-17-11-19(26)18(25)9-15(17)8-16(32-12-14-4-2-1-3-5-14)10-21(35)33-6-7-34(20(30)13-33)22(31)23(27,28)29;2-1-3/h1-5,9,11,16,30-32H,6-8,10,12-13H2;1H,(H2,2,3). The topological polar surface area (TPSA) is 126 Å². The van der Waals surface area contributed by atoms with Crippen molar-refractivity contribution in [2.45, 2.75) is 31.6 Å². The zero-order valence-corrected chi connectivity index (χ0v) is 20.0. The van der Waals surface area contributed by atoms with Crippen LogP contribution in [0.3, 0.4) is 0 Å².